The molecular weight excluding hydrogens is 378 g/mol. The molecule has 28 heavy (non-hydrogen) atoms. The van der Waals surface area contributed by atoms with E-state index in [1.165, 1.54) is 29.5 Å². The molecule has 0 aliphatic heterocycles. The van der Waals surface area contributed by atoms with Crippen molar-refractivity contribution in [1.82, 2.24) is 4.98 Å². The van der Waals surface area contributed by atoms with Gasteiger partial charge in [-0.2, -0.15) is 0 Å². The summed E-state index contributed by atoms with van der Waals surface area (Å²) in [6.07, 6.45) is 2.91. The maximum Gasteiger partial charge on any atom is 0.336 e. The summed E-state index contributed by atoms with van der Waals surface area (Å²) in [4.78, 5) is 28.3. The van der Waals surface area contributed by atoms with Gasteiger partial charge in [0.1, 0.15) is 22.9 Å². The number of esters is 1. The van der Waals surface area contributed by atoms with Crippen molar-refractivity contribution in [2.75, 3.05) is 0 Å². The summed E-state index contributed by atoms with van der Waals surface area (Å²) in [5, 5.41) is 11.1. The fraction of sp³-hybridized carbons (Fsp3) is 0.0952. The van der Waals surface area contributed by atoms with Crippen LogP contribution >= 0.6 is 11.3 Å². The molecule has 140 valence electrons. The third-order valence-corrected chi connectivity index (χ3v) is 5.26. The Morgan fingerprint density at radius 2 is 2.11 bits per heavy atom. The standard InChI is InChI=1S/C21H15NO5S/c1-12-16(23)7-6-14-13(10-20(25)27-21(12)14)11-26-19(24)9-8-18-22-15-4-2-3-5-17(15)28-18/h2-10,23H,11H2,1H3/b9-8+. The number of aryl methyl sites for hydroxylation is 1. The fourth-order valence-electron chi connectivity index (χ4n) is 2.83. The Morgan fingerprint density at radius 3 is 2.93 bits per heavy atom. The summed E-state index contributed by atoms with van der Waals surface area (Å²) in [6.45, 7) is 1.56. The van der Waals surface area contributed by atoms with Crippen molar-refractivity contribution in [1.29, 1.82) is 0 Å². The van der Waals surface area contributed by atoms with Gasteiger partial charge in [-0.05, 0) is 37.3 Å². The number of aromatic nitrogens is 1. The van der Waals surface area contributed by atoms with Crippen LogP contribution in [0.3, 0.4) is 0 Å². The highest BCUT2D eigenvalue weighted by molar-refractivity contribution is 7.19. The smallest absolute Gasteiger partial charge is 0.336 e. The zero-order valence-electron chi connectivity index (χ0n) is 14.8. The molecule has 0 bridgehead atoms. The zero-order chi connectivity index (χ0) is 19.7. The van der Waals surface area contributed by atoms with E-state index in [9.17, 15) is 14.7 Å². The third-order valence-electron chi connectivity index (χ3n) is 4.26. The predicted octanol–water partition coefficient (Wildman–Crippen LogP) is 4.17. The number of hydrogen-bond donors (Lipinski definition) is 1. The molecule has 2 aromatic heterocycles. The molecule has 2 heterocycles. The van der Waals surface area contributed by atoms with E-state index in [0.29, 0.717) is 21.5 Å². The fourth-order valence-corrected chi connectivity index (χ4v) is 3.70. The van der Waals surface area contributed by atoms with E-state index >= 15 is 0 Å². The Labute approximate surface area is 163 Å². The van der Waals surface area contributed by atoms with Gasteiger partial charge in [0.25, 0.3) is 0 Å². The first-order valence-corrected chi connectivity index (χ1v) is 9.28. The second-order valence-corrected chi connectivity index (χ2v) is 7.20. The van der Waals surface area contributed by atoms with E-state index in [0.717, 1.165) is 10.2 Å². The van der Waals surface area contributed by atoms with Gasteiger partial charge in [-0.1, -0.05) is 12.1 Å². The Balaban J connectivity index is 1.52. The molecule has 0 radical (unpaired) electrons. The quantitative estimate of drug-likeness (QED) is 0.318. The third kappa shape index (κ3) is 3.52. The van der Waals surface area contributed by atoms with Gasteiger partial charge in [0, 0.05) is 28.7 Å². The van der Waals surface area contributed by atoms with Gasteiger partial charge >= 0.3 is 11.6 Å². The molecule has 6 nitrogen and oxygen atoms in total. The first-order chi connectivity index (χ1) is 13.5. The van der Waals surface area contributed by atoms with Crippen molar-refractivity contribution in [3.63, 3.8) is 0 Å². The minimum Gasteiger partial charge on any atom is -0.508 e. The Morgan fingerprint density at radius 1 is 1.29 bits per heavy atom. The summed E-state index contributed by atoms with van der Waals surface area (Å²) in [5.41, 5.74) is 1.55. The molecule has 0 saturated heterocycles. The number of hydrogen-bond acceptors (Lipinski definition) is 7. The van der Waals surface area contributed by atoms with Crippen molar-refractivity contribution in [2.45, 2.75) is 13.5 Å². The van der Waals surface area contributed by atoms with Crippen molar-refractivity contribution in [2.24, 2.45) is 0 Å². The molecule has 0 aliphatic carbocycles. The van der Waals surface area contributed by atoms with E-state index in [2.05, 4.69) is 4.98 Å². The van der Waals surface area contributed by atoms with Crippen LogP contribution in [0.5, 0.6) is 5.75 Å². The van der Waals surface area contributed by atoms with Gasteiger partial charge in [-0.3, -0.25) is 0 Å². The number of fused-ring (bicyclic) bond motifs is 2. The number of ether oxygens (including phenoxy) is 1. The van der Waals surface area contributed by atoms with Crippen LogP contribution in [0.25, 0.3) is 27.3 Å². The number of carbonyl (C=O) groups is 1. The molecule has 2 aromatic carbocycles. The number of phenols is 1. The summed E-state index contributed by atoms with van der Waals surface area (Å²) >= 11 is 1.48. The molecule has 0 saturated carbocycles. The molecule has 0 amide bonds. The Kier molecular flexibility index (Phi) is 4.67. The van der Waals surface area contributed by atoms with Crippen molar-refractivity contribution in [3.8, 4) is 5.75 Å². The van der Waals surface area contributed by atoms with Crippen molar-refractivity contribution < 1.29 is 19.1 Å². The second kappa shape index (κ2) is 7.28. The minimum atomic E-state index is -0.572. The molecule has 4 aromatic rings. The highest BCUT2D eigenvalue weighted by Crippen LogP contribution is 2.27. The van der Waals surface area contributed by atoms with Crippen LogP contribution in [0, 0.1) is 6.92 Å². The van der Waals surface area contributed by atoms with Crippen LogP contribution in [0.2, 0.25) is 0 Å². The molecule has 1 N–H and O–H groups in total. The van der Waals surface area contributed by atoms with Crippen molar-refractivity contribution >= 4 is 44.6 Å². The van der Waals surface area contributed by atoms with Gasteiger partial charge < -0.3 is 14.3 Å². The highest BCUT2D eigenvalue weighted by Gasteiger charge is 2.12. The van der Waals surface area contributed by atoms with Gasteiger partial charge in [0.15, 0.2) is 0 Å². The van der Waals surface area contributed by atoms with Crippen molar-refractivity contribution in [3.05, 3.63) is 75.1 Å². The minimum absolute atomic E-state index is 0.0311. The molecule has 0 spiro atoms. The Bertz CT molecular complexity index is 1250. The number of benzene rings is 2. The topological polar surface area (TPSA) is 89.6 Å². The molecule has 7 heteroatoms. The van der Waals surface area contributed by atoms with Gasteiger partial charge in [0.2, 0.25) is 0 Å². The molecule has 0 unspecified atom stereocenters. The summed E-state index contributed by atoms with van der Waals surface area (Å²) < 4.78 is 11.5. The van der Waals surface area contributed by atoms with Crippen LogP contribution in [0.15, 0.2) is 57.8 Å². The molecule has 4 rings (SSSR count). The van der Waals surface area contributed by atoms with Crippen LogP contribution in [-0.4, -0.2) is 16.1 Å². The average molecular weight is 393 g/mol. The summed E-state index contributed by atoms with van der Waals surface area (Å²) in [5.74, 6) is -0.514. The first-order valence-electron chi connectivity index (χ1n) is 8.47. The van der Waals surface area contributed by atoms with Crippen LogP contribution in [0.4, 0.5) is 0 Å². The van der Waals surface area contributed by atoms with E-state index < -0.39 is 11.6 Å². The maximum atomic E-state index is 12.1. The monoisotopic (exact) mass is 393 g/mol. The van der Waals surface area contributed by atoms with Crippen LogP contribution < -0.4 is 5.63 Å². The normalized spacial score (nSPS) is 11.5. The number of nitrogens with zero attached hydrogens (tertiary/aromatic N) is 1. The molecule has 0 aliphatic rings. The molecule has 0 fully saturated rings. The maximum absolute atomic E-state index is 12.1. The number of rotatable bonds is 4. The van der Waals surface area contributed by atoms with E-state index in [4.69, 9.17) is 9.15 Å². The molecular formula is C21H15NO5S. The summed E-state index contributed by atoms with van der Waals surface area (Å²) in [6, 6.07) is 12.1. The zero-order valence-corrected chi connectivity index (χ0v) is 15.7. The highest BCUT2D eigenvalue weighted by atomic mass is 32.1. The first kappa shape index (κ1) is 17.9. The molecule has 0 atom stereocenters. The largest absolute Gasteiger partial charge is 0.508 e. The number of carbonyl (C=O) groups excluding carboxylic acids is 1. The number of phenolic OH excluding ortho intramolecular Hbond substituents is 1. The van der Waals surface area contributed by atoms with E-state index in [1.807, 2.05) is 24.3 Å². The summed E-state index contributed by atoms with van der Waals surface area (Å²) in [7, 11) is 0. The lowest BCUT2D eigenvalue weighted by Gasteiger charge is -2.08. The van der Waals surface area contributed by atoms with Crippen LogP contribution in [-0.2, 0) is 16.1 Å². The van der Waals surface area contributed by atoms with Gasteiger partial charge in [-0.15, -0.1) is 11.3 Å². The van der Waals surface area contributed by atoms with Crippen LogP contribution in [0.1, 0.15) is 16.1 Å². The lowest BCUT2D eigenvalue weighted by Crippen LogP contribution is -2.06. The second-order valence-electron chi connectivity index (χ2n) is 6.14. The lowest BCUT2D eigenvalue weighted by atomic mass is 10.1. The SMILES string of the molecule is Cc1c(O)ccc2c(COC(=O)/C=C/c3nc4ccccc4s3)cc(=O)oc12. The number of aromatic hydroxyl groups is 1. The number of para-hydroxylation sites is 1. The Hall–Kier alpha value is -3.45. The number of thiazole rings is 1. The van der Waals surface area contributed by atoms with Gasteiger partial charge in [-0.25, -0.2) is 14.6 Å². The van der Waals surface area contributed by atoms with Gasteiger partial charge in [0.05, 0.1) is 10.2 Å². The average Bonchev–Trinajstić information content (AvgIpc) is 3.10. The predicted molar refractivity (Wildman–Crippen MR) is 107 cm³/mol. The van der Waals surface area contributed by atoms with E-state index in [-0.39, 0.29) is 17.9 Å². The van der Waals surface area contributed by atoms with E-state index in [1.54, 1.807) is 19.1 Å². The lowest BCUT2D eigenvalue weighted by molar-refractivity contribution is -0.138.